The number of rotatable bonds is 2. The average Bonchev–Trinajstić information content (AvgIpc) is 2.63. The molecule has 8 heteroatoms. The molecule has 2 heterocycles. The summed E-state index contributed by atoms with van der Waals surface area (Å²) in [6.45, 7) is 2.87. The molecule has 0 N–H and O–H groups in total. The zero-order valence-corrected chi connectivity index (χ0v) is 11.6. The first kappa shape index (κ1) is 13.7. The highest BCUT2D eigenvalue weighted by Crippen LogP contribution is 2.34. The van der Waals surface area contributed by atoms with E-state index < -0.39 is 21.6 Å². The van der Waals surface area contributed by atoms with E-state index in [2.05, 4.69) is 0 Å². The number of hydrogen-bond acceptors (Lipinski definition) is 6. The van der Waals surface area contributed by atoms with Gasteiger partial charge >= 0.3 is 5.97 Å². The molecule has 2 saturated heterocycles. The highest BCUT2D eigenvalue weighted by molar-refractivity contribution is 7.88. The minimum absolute atomic E-state index is 0.0995. The van der Waals surface area contributed by atoms with Crippen molar-refractivity contribution in [3.05, 3.63) is 0 Å². The molecule has 18 heavy (non-hydrogen) atoms. The van der Waals surface area contributed by atoms with E-state index in [1.165, 1.54) is 17.7 Å². The number of fused-ring (bicyclic) bond motifs is 1. The summed E-state index contributed by atoms with van der Waals surface area (Å²) in [5.41, 5.74) is -1.01. The van der Waals surface area contributed by atoms with Crippen molar-refractivity contribution in [3.8, 4) is 0 Å². The first-order valence-electron chi connectivity index (χ1n) is 5.75. The minimum Gasteiger partial charge on any atom is -0.467 e. The van der Waals surface area contributed by atoms with Gasteiger partial charge in [-0.2, -0.15) is 9.37 Å². The molecule has 2 fully saturated rings. The Morgan fingerprint density at radius 1 is 1.44 bits per heavy atom. The summed E-state index contributed by atoms with van der Waals surface area (Å²) in [4.78, 5) is 17.3. The Hall–Kier alpha value is -0.700. The largest absolute Gasteiger partial charge is 0.467 e. The Kier molecular flexibility index (Phi) is 3.39. The zero-order valence-electron chi connectivity index (χ0n) is 10.7. The summed E-state index contributed by atoms with van der Waals surface area (Å²) in [6, 6.07) is -0.0995. The normalized spacial score (nSPS) is 34.3. The predicted molar refractivity (Wildman–Crippen MR) is 63.0 cm³/mol. The van der Waals surface area contributed by atoms with Gasteiger partial charge in [0.1, 0.15) is 0 Å². The molecule has 0 aliphatic carbocycles. The fourth-order valence-corrected chi connectivity index (χ4v) is 3.34. The van der Waals surface area contributed by atoms with Crippen LogP contribution in [0.2, 0.25) is 0 Å². The van der Waals surface area contributed by atoms with E-state index in [0.717, 1.165) is 0 Å². The maximum absolute atomic E-state index is 11.7. The van der Waals surface area contributed by atoms with Gasteiger partial charge in [0.2, 0.25) is 10.0 Å². The smallest absolute Gasteiger partial charge is 0.340 e. The number of methoxy groups -OCH3 is 1. The lowest BCUT2D eigenvalue weighted by atomic mass is 9.98. The van der Waals surface area contributed by atoms with Crippen LogP contribution < -0.4 is 0 Å². The molecular formula is C10H18N2O5S. The lowest BCUT2D eigenvalue weighted by Gasteiger charge is -2.34. The third-order valence-corrected chi connectivity index (χ3v) is 4.69. The molecular weight excluding hydrogens is 260 g/mol. The number of carbonyl (C=O) groups is 1. The van der Waals surface area contributed by atoms with Crippen LogP contribution in [-0.2, 0) is 24.4 Å². The number of sulfonamides is 1. The van der Waals surface area contributed by atoms with Gasteiger partial charge in [-0.25, -0.2) is 13.2 Å². The number of nitrogens with zero attached hydrogens (tertiary/aromatic N) is 2. The number of hydroxylamine groups is 2. The van der Waals surface area contributed by atoms with E-state index in [1.54, 1.807) is 12.0 Å². The van der Waals surface area contributed by atoms with E-state index in [4.69, 9.17) is 9.57 Å². The van der Waals surface area contributed by atoms with E-state index in [1.807, 2.05) is 0 Å². The van der Waals surface area contributed by atoms with Gasteiger partial charge in [-0.15, -0.1) is 0 Å². The van der Waals surface area contributed by atoms with Crippen molar-refractivity contribution in [3.63, 3.8) is 0 Å². The molecule has 0 saturated carbocycles. The van der Waals surface area contributed by atoms with Gasteiger partial charge in [0.05, 0.1) is 19.4 Å². The molecule has 0 aromatic rings. The van der Waals surface area contributed by atoms with Crippen LogP contribution in [-0.4, -0.2) is 68.4 Å². The third kappa shape index (κ3) is 2.37. The topological polar surface area (TPSA) is 76.2 Å². The number of carbonyl (C=O) groups excluding carboxylic acids is 1. The standard InChI is InChI=1S/C10H18N2O5S/c1-10(9(13)16-2)6-8-7-11(18(3,14)15)4-5-12(8)17-10/h8H,4-7H2,1-3H3/t8-,10+/m0/s1. The van der Waals surface area contributed by atoms with Crippen LogP contribution in [0.25, 0.3) is 0 Å². The predicted octanol–water partition coefficient (Wildman–Crippen LogP) is -0.801. The summed E-state index contributed by atoms with van der Waals surface area (Å²) < 4.78 is 29.1. The first-order valence-corrected chi connectivity index (χ1v) is 7.60. The molecule has 2 rings (SSSR count). The molecule has 0 aromatic heterocycles. The van der Waals surface area contributed by atoms with Crippen LogP contribution in [0.3, 0.4) is 0 Å². The van der Waals surface area contributed by atoms with Crippen LogP contribution in [0.1, 0.15) is 13.3 Å². The molecule has 0 unspecified atom stereocenters. The summed E-state index contributed by atoms with van der Waals surface area (Å²) in [7, 11) is -1.88. The van der Waals surface area contributed by atoms with Crippen LogP contribution in [0.5, 0.6) is 0 Å². The van der Waals surface area contributed by atoms with Gasteiger partial charge in [0, 0.05) is 26.1 Å². The van der Waals surface area contributed by atoms with Gasteiger partial charge in [-0.05, 0) is 6.92 Å². The second-order valence-corrected chi connectivity index (χ2v) is 6.92. The highest BCUT2D eigenvalue weighted by atomic mass is 32.2. The molecule has 0 spiro atoms. The van der Waals surface area contributed by atoms with Gasteiger partial charge in [-0.3, -0.25) is 4.84 Å². The monoisotopic (exact) mass is 278 g/mol. The van der Waals surface area contributed by atoms with Gasteiger partial charge < -0.3 is 4.74 Å². The lowest BCUT2D eigenvalue weighted by Crippen LogP contribution is -2.51. The second-order valence-electron chi connectivity index (χ2n) is 4.93. The molecule has 7 nitrogen and oxygen atoms in total. The summed E-state index contributed by atoms with van der Waals surface area (Å²) in [5.74, 6) is -0.428. The molecule has 2 atom stereocenters. The Bertz CT molecular complexity index is 451. The van der Waals surface area contributed by atoms with E-state index in [-0.39, 0.29) is 6.04 Å². The number of ether oxygens (including phenoxy) is 1. The Balaban J connectivity index is 2.10. The van der Waals surface area contributed by atoms with Crippen molar-refractivity contribution >= 4 is 16.0 Å². The van der Waals surface area contributed by atoms with Crippen molar-refractivity contribution in [1.29, 1.82) is 0 Å². The quantitative estimate of drug-likeness (QED) is 0.616. The van der Waals surface area contributed by atoms with E-state index in [0.29, 0.717) is 26.1 Å². The van der Waals surface area contributed by atoms with Crippen LogP contribution in [0, 0.1) is 0 Å². The first-order chi connectivity index (χ1) is 8.26. The van der Waals surface area contributed by atoms with E-state index in [9.17, 15) is 13.2 Å². The molecule has 0 amide bonds. The number of esters is 1. The average molecular weight is 278 g/mol. The van der Waals surface area contributed by atoms with Gasteiger partial charge in [0.25, 0.3) is 0 Å². The van der Waals surface area contributed by atoms with Crippen molar-refractivity contribution in [1.82, 2.24) is 9.37 Å². The molecule has 0 aromatic carbocycles. The molecule has 0 bridgehead atoms. The van der Waals surface area contributed by atoms with Crippen molar-refractivity contribution in [2.24, 2.45) is 0 Å². The molecule has 0 radical (unpaired) electrons. The second kappa shape index (κ2) is 4.44. The summed E-state index contributed by atoms with van der Waals surface area (Å²) in [5, 5.41) is 1.69. The Morgan fingerprint density at radius 3 is 2.67 bits per heavy atom. The molecule has 2 aliphatic heterocycles. The van der Waals surface area contributed by atoms with Crippen LogP contribution >= 0.6 is 0 Å². The van der Waals surface area contributed by atoms with Gasteiger partial charge in [-0.1, -0.05) is 0 Å². The highest BCUT2D eigenvalue weighted by Gasteiger charge is 2.50. The fraction of sp³-hybridized carbons (Fsp3) is 0.900. The Labute approximate surface area is 107 Å². The summed E-state index contributed by atoms with van der Waals surface area (Å²) >= 11 is 0. The van der Waals surface area contributed by atoms with Crippen molar-refractivity contribution < 1.29 is 22.8 Å². The third-order valence-electron chi connectivity index (χ3n) is 3.42. The maximum atomic E-state index is 11.7. The maximum Gasteiger partial charge on any atom is 0.340 e. The number of piperazine rings is 1. The van der Waals surface area contributed by atoms with Crippen LogP contribution in [0.4, 0.5) is 0 Å². The summed E-state index contributed by atoms with van der Waals surface area (Å²) in [6.07, 6.45) is 1.63. The minimum atomic E-state index is -3.19. The molecule has 104 valence electrons. The van der Waals surface area contributed by atoms with E-state index >= 15 is 0 Å². The zero-order chi connectivity index (χ0) is 13.6. The van der Waals surface area contributed by atoms with Crippen molar-refractivity contribution in [2.75, 3.05) is 33.0 Å². The number of hydrogen-bond donors (Lipinski definition) is 0. The molecule has 2 aliphatic rings. The van der Waals surface area contributed by atoms with Crippen LogP contribution in [0.15, 0.2) is 0 Å². The Morgan fingerprint density at radius 2 is 2.11 bits per heavy atom. The van der Waals surface area contributed by atoms with Crippen molar-refractivity contribution in [2.45, 2.75) is 25.0 Å². The lowest BCUT2D eigenvalue weighted by molar-refractivity contribution is -0.219. The van der Waals surface area contributed by atoms with Gasteiger partial charge in [0.15, 0.2) is 5.60 Å². The SMILES string of the molecule is COC(=O)[C@@]1(C)C[C@H]2CN(S(C)(=O)=O)CCN2O1. The fourth-order valence-electron chi connectivity index (χ4n) is 2.48.